The van der Waals surface area contributed by atoms with Crippen LogP contribution in [0.25, 0.3) is 10.9 Å². The van der Waals surface area contributed by atoms with Crippen LogP contribution in [-0.4, -0.2) is 74.0 Å². The number of imidazole rings is 1. The summed E-state index contributed by atoms with van der Waals surface area (Å²) in [5, 5.41) is 0.420. The van der Waals surface area contributed by atoms with Crippen molar-refractivity contribution < 1.29 is 14.3 Å². The first-order chi connectivity index (χ1) is 17.9. The molecular weight excluding hydrogens is 476 g/mol. The van der Waals surface area contributed by atoms with Crippen molar-refractivity contribution in [2.24, 2.45) is 18.9 Å². The number of nitrogens with zero attached hydrogens (tertiary/aromatic N) is 5. The maximum absolute atomic E-state index is 13.2. The van der Waals surface area contributed by atoms with E-state index in [1.165, 1.54) is 11.7 Å². The molecule has 0 spiro atoms. The second kappa shape index (κ2) is 10.2. The number of aromatic nitrogens is 4. The van der Waals surface area contributed by atoms with Gasteiger partial charge >= 0.3 is 5.69 Å². The van der Waals surface area contributed by atoms with Gasteiger partial charge in [0.1, 0.15) is 11.4 Å². The molecule has 37 heavy (non-hydrogen) atoms. The number of fused-ring (bicyclic) bond motifs is 1. The number of H-pyrrole nitrogens is 1. The van der Waals surface area contributed by atoms with Crippen molar-refractivity contribution in [1.82, 2.24) is 28.9 Å². The van der Waals surface area contributed by atoms with Crippen molar-refractivity contribution in [3.05, 3.63) is 57.3 Å². The smallest absolute Gasteiger partial charge is 0.328 e. The minimum absolute atomic E-state index is 0.0635. The van der Waals surface area contributed by atoms with E-state index >= 15 is 0 Å². The van der Waals surface area contributed by atoms with Gasteiger partial charge in [0.15, 0.2) is 0 Å². The summed E-state index contributed by atoms with van der Waals surface area (Å²) >= 11 is 0. The van der Waals surface area contributed by atoms with Gasteiger partial charge in [0, 0.05) is 45.7 Å². The van der Waals surface area contributed by atoms with Gasteiger partial charge in [-0.3, -0.25) is 19.0 Å². The molecule has 1 N–H and O–H groups in total. The lowest BCUT2D eigenvalue weighted by Gasteiger charge is -2.38. The van der Waals surface area contributed by atoms with E-state index in [1.54, 1.807) is 47.2 Å². The average molecular weight is 509 g/mol. The molecule has 1 saturated carbocycles. The van der Waals surface area contributed by atoms with E-state index in [2.05, 4.69) is 9.97 Å². The average Bonchev–Trinajstić information content (AvgIpc) is 3.36. The lowest BCUT2D eigenvalue weighted by atomic mass is 9.81. The molecular formula is C26H32N6O5. The quantitative estimate of drug-likeness (QED) is 0.553. The van der Waals surface area contributed by atoms with Crippen molar-refractivity contribution in [3.63, 3.8) is 0 Å². The molecule has 3 heterocycles. The van der Waals surface area contributed by atoms with E-state index in [4.69, 9.17) is 4.74 Å². The SMILES string of the molecule is COc1ccc2[nH]c(=O)n(CC3CCC(C(=O)N4CCN(C(=O)c5cncn5C)CC4)CC3)c(=O)c2c1. The van der Waals surface area contributed by atoms with Crippen molar-refractivity contribution in [1.29, 1.82) is 0 Å². The highest BCUT2D eigenvalue weighted by Crippen LogP contribution is 2.31. The van der Waals surface area contributed by atoms with Crippen LogP contribution < -0.4 is 16.0 Å². The molecule has 1 saturated heterocycles. The Labute approximate surface area is 213 Å². The Balaban J connectivity index is 1.16. The molecule has 2 fully saturated rings. The normalized spacial score (nSPS) is 20.3. The van der Waals surface area contributed by atoms with Crippen LogP contribution in [0.3, 0.4) is 0 Å². The molecule has 2 aliphatic rings. The summed E-state index contributed by atoms with van der Waals surface area (Å²) in [6, 6.07) is 5.02. The van der Waals surface area contributed by atoms with Gasteiger partial charge in [-0.15, -0.1) is 0 Å². The van der Waals surface area contributed by atoms with Gasteiger partial charge in [-0.05, 0) is 49.8 Å². The molecule has 1 aromatic carbocycles. The van der Waals surface area contributed by atoms with Gasteiger partial charge in [-0.25, -0.2) is 9.78 Å². The van der Waals surface area contributed by atoms with Crippen LogP contribution >= 0.6 is 0 Å². The lowest BCUT2D eigenvalue weighted by Crippen LogP contribution is -2.52. The van der Waals surface area contributed by atoms with Gasteiger partial charge < -0.3 is 24.1 Å². The molecule has 11 nitrogen and oxygen atoms in total. The summed E-state index contributed by atoms with van der Waals surface area (Å²) in [6.07, 6.45) is 6.17. The number of rotatable bonds is 5. The van der Waals surface area contributed by atoms with Crippen LogP contribution in [0.15, 0.2) is 40.3 Å². The number of carbonyl (C=O) groups is 2. The van der Waals surface area contributed by atoms with E-state index in [1.807, 2.05) is 4.90 Å². The predicted octanol–water partition coefficient (Wildman–Crippen LogP) is 1.22. The lowest BCUT2D eigenvalue weighted by molar-refractivity contribution is -0.138. The number of aryl methyl sites for hydroxylation is 1. The fraction of sp³-hybridized carbons (Fsp3) is 0.500. The zero-order valence-electron chi connectivity index (χ0n) is 21.2. The summed E-state index contributed by atoms with van der Waals surface area (Å²) in [6.45, 7) is 2.38. The Morgan fingerprint density at radius 3 is 2.41 bits per heavy atom. The molecule has 0 unspecified atom stereocenters. The minimum atomic E-state index is -0.417. The van der Waals surface area contributed by atoms with E-state index < -0.39 is 5.69 Å². The van der Waals surface area contributed by atoms with Crippen molar-refractivity contribution in [2.75, 3.05) is 33.3 Å². The van der Waals surface area contributed by atoms with Gasteiger partial charge in [0.05, 0.1) is 30.5 Å². The summed E-state index contributed by atoms with van der Waals surface area (Å²) in [5.74, 6) is 0.721. The Morgan fingerprint density at radius 2 is 1.76 bits per heavy atom. The third-order valence-corrected chi connectivity index (χ3v) is 7.74. The van der Waals surface area contributed by atoms with Crippen LogP contribution in [0, 0.1) is 11.8 Å². The molecule has 1 aliphatic carbocycles. The number of aromatic amines is 1. The minimum Gasteiger partial charge on any atom is -0.497 e. The van der Waals surface area contributed by atoms with E-state index in [0.717, 1.165) is 25.7 Å². The first-order valence-electron chi connectivity index (χ1n) is 12.7. The maximum atomic E-state index is 13.2. The third kappa shape index (κ3) is 4.90. The van der Waals surface area contributed by atoms with Gasteiger partial charge in [-0.2, -0.15) is 0 Å². The first kappa shape index (κ1) is 24.8. The number of ether oxygens (including phenoxy) is 1. The van der Waals surface area contributed by atoms with Gasteiger partial charge in [-0.1, -0.05) is 0 Å². The number of nitrogens with one attached hydrogen (secondary N) is 1. The molecule has 0 bridgehead atoms. The Bertz CT molecular complexity index is 1420. The maximum Gasteiger partial charge on any atom is 0.328 e. The summed E-state index contributed by atoms with van der Waals surface area (Å²) in [4.78, 5) is 62.0. The Morgan fingerprint density at radius 1 is 1.05 bits per heavy atom. The summed E-state index contributed by atoms with van der Waals surface area (Å²) in [7, 11) is 3.33. The van der Waals surface area contributed by atoms with Crippen molar-refractivity contribution >= 4 is 22.7 Å². The highest BCUT2D eigenvalue weighted by atomic mass is 16.5. The second-order valence-electron chi connectivity index (χ2n) is 9.98. The number of benzene rings is 1. The van der Waals surface area contributed by atoms with Crippen LogP contribution in [0.5, 0.6) is 5.75 Å². The van der Waals surface area contributed by atoms with Crippen LogP contribution in [0.1, 0.15) is 36.2 Å². The molecule has 2 aromatic heterocycles. The Hall–Kier alpha value is -3.89. The zero-order chi connectivity index (χ0) is 26.1. The first-order valence-corrected chi connectivity index (χ1v) is 12.7. The van der Waals surface area contributed by atoms with E-state index in [-0.39, 0.29) is 29.2 Å². The number of hydrogen-bond acceptors (Lipinski definition) is 6. The third-order valence-electron chi connectivity index (χ3n) is 7.74. The van der Waals surface area contributed by atoms with Gasteiger partial charge in [0.25, 0.3) is 11.5 Å². The zero-order valence-corrected chi connectivity index (χ0v) is 21.2. The van der Waals surface area contributed by atoms with Crippen molar-refractivity contribution in [2.45, 2.75) is 32.2 Å². The number of amides is 2. The topological polar surface area (TPSA) is 123 Å². The van der Waals surface area contributed by atoms with Crippen LogP contribution in [0.2, 0.25) is 0 Å². The van der Waals surface area contributed by atoms with Crippen LogP contribution in [0.4, 0.5) is 0 Å². The standard InChI is InChI=1S/C26H32N6O5/c1-29-16-27-14-22(29)25(35)31-11-9-30(10-12-31)23(33)18-5-3-17(4-6-18)15-32-24(34)20-13-19(37-2)7-8-21(20)28-26(32)36/h7-8,13-14,16-18H,3-6,9-12,15H2,1-2H3,(H,28,36). The predicted molar refractivity (Wildman–Crippen MR) is 137 cm³/mol. The second-order valence-corrected chi connectivity index (χ2v) is 9.98. The van der Waals surface area contributed by atoms with Crippen LogP contribution in [-0.2, 0) is 18.4 Å². The molecule has 11 heteroatoms. The van der Waals surface area contributed by atoms with E-state index in [0.29, 0.717) is 55.1 Å². The molecule has 3 aromatic rings. The summed E-state index contributed by atoms with van der Waals surface area (Å²) in [5.41, 5.74) is 0.291. The molecule has 1 aliphatic heterocycles. The summed E-state index contributed by atoms with van der Waals surface area (Å²) < 4.78 is 8.20. The monoisotopic (exact) mass is 508 g/mol. The fourth-order valence-corrected chi connectivity index (χ4v) is 5.49. The number of methoxy groups -OCH3 is 1. The highest BCUT2D eigenvalue weighted by molar-refractivity contribution is 5.92. The largest absolute Gasteiger partial charge is 0.497 e. The fourth-order valence-electron chi connectivity index (χ4n) is 5.49. The number of carbonyl (C=O) groups excluding carboxylic acids is 2. The Kier molecular flexibility index (Phi) is 6.86. The molecule has 0 radical (unpaired) electrons. The van der Waals surface area contributed by atoms with E-state index in [9.17, 15) is 19.2 Å². The molecule has 2 amide bonds. The highest BCUT2D eigenvalue weighted by Gasteiger charge is 2.32. The number of hydrogen-bond donors (Lipinski definition) is 1. The molecule has 5 rings (SSSR count). The molecule has 0 atom stereocenters. The van der Waals surface area contributed by atoms with Crippen molar-refractivity contribution in [3.8, 4) is 5.75 Å². The van der Waals surface area contributed by atoms with Gasteiger partial charge in [0.2, 0.25) is 5.91 Å². The number of piperazine rings is 1. The molecule has 196 valence electrons.